The summed E-state index contributed by atoms with van der Waals surface area (Å²) in [6.07, 6.45) is 1.31. The first-order valence-corrected chi connectivity index (χ1v) is 13.9. The van der Waals surface area contributed by atoms with E-state index in [-0.39, 0.29) is 35.7 Å². The molecule has 1 aliphatic rings. The molecule has 0 N–H and O–H groups in total. The maximum Gasteiger partial charge on any atom is 0.310 e. The molecule has 0 radical (unpaired) electrons. The normalized spacial score (nSPS) is 22.0. The van der Waals surface area contributed by atoms with Gasteiger partial charge in [0.05, 0.1) is 24.5 Å². The average Bonchev–Trinajstić information content (AvgIpc) is 3.07. The number of fused-ring (bicyclic) bond motifs is 1. The fourth-order valence-corrected chi connectivity index (χ4v) is 4.73. The summed E-state index contributed by atoms with van der Waals surface area (Å²) in [7, 11) is -1.32. The number of nitrogens with zero attached hydrogens (tertiary/aromatic N) is 3. The Hall–Kier alpha value is -2.35. The highest BCUT2D eigenvalue weighted by atomic mass is 28.3. The van der Waals surface area contributed by atoms with Crippen molar-refractivity contribution in [2.45, 2.75) is 52.0 Å². The fraction of sp³-hybridized carbons (Fsp3) is 0.571. The standard InChI is InChI=1S/C21H29N3O4Si/c1-14(25)16-10-9-15(19(16)21(27)28-11-12-29(2,3)4)13-24-20(26)17-7-5-6-8-18(17)22-23-24/h5-8,15-16,19H,9-13H2,1-4H3/t15-,16+,19-/m0/s1. The summed E-state index contributed by atoms with van der Waals surface area (Å²) in [5, 5.41) is 8.67. The van der Waals surface area contributed by atoms with Gasteiger partial charge in [-0.15, -0.1) is 5.10 Å². The lowest BCUT2D eigenvalue weighted by Gasteiger charge is -2.23. The molecule has 0 spiro atoms. The third-order valence-corrected chi connectivity index (χ3v) is 7.42. The van der Waals surface area contributed by atoms with Crippen LogP contribution in [0.5, 0.6) is 0 Å². The van der Waals surface area contributed by atoms with E-state index in [1.807, 2.05) is 6.07 Å². The van der Waals surface area contributed by atoms with E-state index < -0.39 is 14.0 Å². The Labute approximate surface area is 171 Å². The topological polar surface area (TPSA) is 91.1 Å². The first-order chi connectivity index (χ1) is 13.7. The number of Topliss-reactive ketones (excluding diaryl/α,β-unsaturated/α-hetero) is 1. The Morgan fingerprint density at radius 2 is 1.93 bits per heavy atom. The molecule has 0 aliphatic heterocycles. The molecule has 1 saturated carbocycles. The van der Waals surface area contributed by atoms with E-state index >= 15 is 0 Å². The van der Waals surface area contributed by atoms with E-state index in [9.17, 15) is 14.4 Å². The van der Waals surface area contributed by atoms with Crippen molar-refractivity contribution in [1.29, 1.82) is 0 Å². The SMILES string of the molecule is CC(=O)[C@H]1CC[C@@H](Cn2nnc3ccccc3c2=O)[C@@H]1C(=O)OCC[Si](C)(C)C. The summed E-state index contributed by atoms with van der Waals surface area (Å²) in [6.45, 7) is 8.84. The molecule has 8 heteroatoms. The monoisotopic (exact) mass is 415 g/mol. The van der Waals surface area contributed by atoms with Crippen LogP contribution in [0.25, 0.3) is 10.9 Å². The van der Waals surface area contributed by atoms with Crippen LogP contribution < -0.4 is 5.56 Å². The first-order valence-electron chi connectivity index (χ1n) is 10.2. The second-order valence-corrected chi connectivity index (χ2v) is 14.8. The van der Waals surface area contributed by atoms with Crippen LogP contribution in [0.1, 0.15) is 19.8 Å². The van der Waals surface area contributed by atoms with Gasteiger partial charge in [0.25, 0.3) is 5.56 Å². The quantitative estimate of drug-likeness (QED) is 0.510. The second-order valence-electron chi connectivity index (χ2n) is 9.15. The van der Waals surface area contributed by atoms with Crippen LogP contribution in [0.15, 0.2) is 29.1 Å². The maximum atomic E-state index is 12.9. The van der Waals surface area contributed by atoms with E-state index in [0.29, 0.717) is 30.4 Å². The molecule has 156 valence electrons. The zero-order valence-corrected chi connectivity index (χ0v) is 18.6. The van der Waals surface area contributed by atoms with Crippen LogP contribution in [0.4, 0.5) is 0 Å². The lowest BCUT2D eigenvalue weighted by molar-refractivity contribution is -0.153. The summed E-state index contributed by atoms with van der Waals surface area (Å²) in [5.74, 6) is -1.39. The number of carbonyl (C=O) groups is 2. The summed E-state index contributed by atoms with van der Waals surface area (Å²) in [6, 6.07) is 7.94. The van der Waals surface area contributed by atoms with E-state index in [0.717, 1.165) is 6.04 Å². The van der Waals surface area contributed by atoms with Gasteiger partial charge in [0, 0.05) is 14.0 Å². The highest BCUT2D eigenvalue weighted by Gasteiger charge is 2.44. The summed E-state index contributed by atoms with van der Waals surface area (Å²) < 4.78 is 6.89. The van der Waals surface area contributed by atoms with Crippen LogP contribution in [0.3, 0.4) is 0 Å². The van der Waals surface area contributed by atoms with Gasteiger partial charge in [-0.05, 0) is 43.9 Å². The molecule has 2 aromatic rings. The Balaban J connectivity index is 1.80. The predicted molar refractivity (Wildman–Crippen MR) is 113 cm³/mol. The van der Waals surface area contributed by atoms with Gasteiger partial charge in [-0.2, -0.15) is 0 Å². The van der Waals surface area contributed by atoms with Crippen LogP contribution in [-0.4, -0.2) is 41.4 Å². The van der Waals surface area contributed by atoms with Gasteiger partial charge in [0.1, 0.15) is 11.3 Å². The van der Waals surface area contributed by atoms with Gasteiger partial charge in [0.2, 0.25) is 0 Å². The van der Waals surface area contributed by atoms with Gasteiger partial charge in [-0.3, -0.25) is 14.4 Å². The Morgan fingerprint density at radius 1 is 1.21 bits per heavy atom. The Morgan fingerprint density at radius 3 is 2.62 bits per heavy atom. The molecule has 1 fully saturated rings. The van der Waals surface area contributed by atoms with Crippen LogP contribution in [-0.2, 0) is 20.9 Å². The van der Waals surface area contributed by atoms with E-state index in [4.69, 9.17) is 4.74 Å². The lowest BCUT2D eigenvalue weighted by Crippen LogP contribution is -2.35. The second kappa shape index (κ2) is 8.57. The third-order valence-electron chi connectivity index (χ3n) is 5.72. The Bertz CT molecular complexity index is 966. The van der Waals surface area contributed by atoms with Crippen molar-refractivity contribution < 1.29 is 14.3 Å². The summed E-state index contributed by atoms with van der Waals surface area (Å²) in [4.78, 5) is 37.8. The zero-order valence-electron chi connectivity index (χ0n) is 17.6. The zero-order chi connectivity index (χ0) is 21.2. The number of carbonyl (C=O) groups excluding carboxylic acids is 2. The summed E-state index contributed by atoms with van der Waals surface area (Å²) >= 11 is 0. The van der Waals surface area contributed by atoms with Crippen LogP contribution in [0, 0.1) is 17.8 Å². The van der Waals surface area contributed by atoms with Crippen molar-refractivity contribution in [1.82, 2.24) is 15.0 Å². The molecular weight excluding hydrogens is 386 g/mol. The molecule has 1 aromatic carbocycles. The number of hydrogen-bond donors (Lipinski definition) is 0. The molecule has 1 aromatic heterocycles. The average molecular weight is 416 g/mol. The minimum absolute atomic E-state index is 0.00316. The highest BCUT2D eigenvalue weighted by molar-refractivity contribution is 6.76. The number of rotatable bonds is 7. The molecular formula is C21H29N3O4Si. The highest BCUT2D eigenvalue weighted by Crippen LogP contribution is 2.39. The molecule has 7 nitrogen and oxygen atoms in total. The Kier molecular flexibility index (Phi) is 6.31. The van der Waals surface area contributed by atoms with Crippen molar-refractivity contribution in [3.63, 3.8) is 0 Å². The van der Waals surface area contributed by atoms with E-state index in [1.54, 1.807) is 18.2 Å². The number of ketones is 1. The molecule has 0 bridgehead atoms. The fourth-order valence-electron chi connectivity index (χ4n) is 4.02. The molecule has 29 heavy (non-hydrogen) atoms. The van der Waals surface area contributed by atoms with Gasteiger partial charge in [-0.25, -0.2) is 4.68 Å². The van der Waals surface area contributed by atoms with Crippen molar-refractivity contribution >= 4 is 30.7 Å². The van der Waals surface area contributed by atoms with Gasteiger partial charge in [-0.1, -0.05) is 37.0 Å². The molecule has 0 unspecified atom stereocenters. The van der Waals surface area contributed by atoms with Gasteiger partial charge >= 0.3 is 5.97 Å². The maximum absolute atomic E-state index is 12.9. The first kappa shape index (κ1) is 21.4. The van der Waals surface area contributed by atoms with E-state index in [1.165, 1.54) is 11.6 Å². The van der Waals surface area contributed by atoms with Crippen molar-refractivity contribution in [3.8, 4) is 0 Å². The van der Waals surface area contributed by atoms with Gasteiger partial charge < -0.3 is 4.74 Å². The lowest BCUT2D eigenvalue weighted by atomic mass is 9.87. The smallest absolute Gasteiger partial charge is 0.310 e. The number of hydrogen-bond acceptors (Lipinski definition) is 6. The van der Waals surface area contributed by atoms with Crippen molar-refractivity contribution in [2.75, 3.05) is 6.61 Å². The molecule has 3 rings (SSSR count). The minimum atomic E-state index is -1.32. The number of aromatic nitrogens is 3. The van der Waals surface area contributed by atoms with Gasteiger partial charge in [0.15, 0.2) is 0 Å². The van der Waals surface area contributed by atoms with Crippen LogP contribution in [0.2, 0.25) is 25.7 Å². The molecule has 3 atom stereocenters. The summed E-state index contributed by atoms with van der Waals surface area (Å²) in [5.41, 5.74) is 0.316. The van der Waals surface area contributed by atoms with Crippen molar-refractivity contribution in [3.05, 3.63) is 34.6 Å². The largest absolute Gasteiger partial charge is 0.466 e. The number of esters is 1. The molecule has 0 amide bonds. The van der Waals surface area contributed by atoms with Crippen LogP contribution >= 0.6 is 0 Å². The van der Waals surface area contributed by atoms with E-state index in [2.05, 4.69) is 30.0 Å². The third kappa shape index (κ3) is 4.98. The number of ether oxygens (including phenoxy) is 1. The van der Waals surface area contributed by atoms with Crippen molar-refractivity contribution in [2.24, 2.45) is 17.8 Å². The molecule has 0 saturated heterocycles. The minimum Gasteiger partial charge on any atom is -0.466 e. The predicted octanol–water partition coefficient (Wildman–Crippen LogP) is 2.90. The molecule has 1 heterocycles. The molecule has 1 aliphatic carbocycles. The number of benzene rings is 1.